The van der Waals surface area contributed by atoms with Crippen LogP contribution in [0.4, 0.5) is 4.39 Å². The van der Waals surface area contributed by atoms with Crippen molar-refractivity contribution >= 4 is 0 Å². The predicted molar refractivity (Wildman–Crippen MR) is 77.3 cm³/mol. The molecule has 0 aliphatic carbocycles. The number of methoxy groups -OCH3 is 1. The van der Waals surface area contributed by atoms with E-state index < -0.39 is 0 Å². The second-order valence-corrected chi connectivity index (χ2v) is 4.68. The van der Waals surface area contributed by atoms with Crippen molar-refractivity contribution in [3.05, 3.63) is 59.7 Å². The van der Waals surface area contributed by atoms with Crippen LogP contribution in [0.5, 0.6) is 5.75 Å². The van der Waals surface area contributed by atoms with E-state index in [4.69, 9.17) is 4.74 Å². The van der Waals surface area contributed by atoms with Crippen molar-refractivity contribution in [2.24, 2.45) is 0 Å². The summed E-state index contributed by atoms with van der Waals surface area (Å²) in [7, 11) is 1.66. The molecule has 0 bridgehead atoms. The number of nitrogens with one attached hydrogen (secondary N) is 1. The molecule has 0 saturated carbocycles. The normalized spacial score (nSPS) is 12.2. The zero-order chi connectivity index (χ0) is 14.4. The van der Waals surface area contributed by atoms with E-state index in [9.17, 15) is 4.39 Å². The highest BCUT2D eigenvalue weighted by Gasteiger charge is 2.06. The molecule has 0 aliphatic heterocycles. The van der Waals surface area contributed by atoms with Crippen LogP contribution >= 0.6 is 0 Å². The summed E-state index contributed by atoms with van der Waals surface area (Å²) in [6.45, 7) is 2.86. The monoisotopic (exact) mass is 274 g/mol. The fourth-order valence-corrected chi connectivity index (χ4v) is 1.97. The summed E-state index contributed by atoms with van der Waals surface area (Å²) in [4.78, 5) is 4.07. The smallest absolute Gasteiger partial charge is 0.141 e. The molecule has 106 valence electrons. The second kappa shape index (κ2) is 7.01. The fraction of sp³-hybridized carbons (Fsp3) is 0.312. The van der Waals surface area contributed by atoms with Gasteiger partial charge in [-0.25, -0.2) is 4.39 Å². The molecule has 2 rings (SSSR count). The minimum atomic E-state index is -0.306. The van der Waals surface area contributed by atoms with Crippen LogP contribution in [0.15, 0.2) is 42.6 Å². The maximum Gasteiger partial charge on any atom is 0.141 e. The summed E-state index contributed by atoms with van der Waals surface area (Å²) in [5, 5.41) is 3.38. The van der Waals surface area contributed by atoms with E-state index in [-0.39, 0.29) is 11.9 Å². The zero-order valence-electron chi connectivity index (χ0n) is 11.8. The van der Waals surface area contributed by atoms with Gasteiger partial charge >= 0.3 is 0 Å². The molecule has 0 amide bonds. The van der Waals surface area contributed by atoms with E-state index in [0.29, 0.717) is 0 Å². The predicted octanol–water partition coefficient (Wildman–Crippen LogP) is 3.12. The van der Waals surface area contributed by atoms with Crippen molar-refractivity contribution in [3.63, 3.8) is 0 Å². The summed E-state index contributed by atoms with van der Waals surface area (Å²) in [6, 6.07) is 11.3. The molecule has 3 nitrogen and oxygen atoms in total. The molecule has 0 saturated heterocycles. The first-order valence-corrected chi connectivity index (χ1v) is 6.67. The lowest BCUT2D eigenvalue weighted by Crippen LogP contribution is -2.22. The molecule has 0 spiro atoms. The molecule has 20 heavy (non-hydrogen) atoms. The number of benzene rings is 1. The van der Waals surface area contributed by atoms with Gasteiger partial charge in [-0.05, 0) is 49.7 Å². The van der Waals surface area contributed by atoms with Gasteiger partial charge in [0.05, 0.1) is 19.0 Å². The van der Waals surface area contributed by atoms with Crippen LogP contribution in [-0.2, 0) is 6.42 Å². The SMILES string of the molecule is COc1ccc(CCNC(C)c2ccc(F)cn2)cc1. The molecule has 2 aromatic rings. The van der Waals surface area contributed by atoms with Crippen molar-refractivity contribution in [2.45, 2.75) is 19.4 Å². The average molecular weight is 274 g/mol. The number of aromatic nitrogens is 1. The Hall–Kier alpha value is -1.94. The second-order valence-electron chi connectivity index (χ2n) is 4.68. The van der Waals surface area contributed by atoms with Crippen LogP contribution < -0.4 is 10.1 Å². The maximum atomic E-state index is 12.8. The number of halogens is 1. The van der Waals surface area contributed by atoms with Gasteiger partial charge in [-0.3, -0.25) is 4.98 Å². The third-order valence-corrected chi connectivity index (χ3v) is 3.22. The van der Waals surface area contributed by atoms with Gasteiger partial charge in [-0.1, -0.05) is 12.1 Å². The highest BCUT2D eigenvalue weighted by molar-refractivity contribution is 5.27. The standard InChI is InChI=1S/C16H19FN2O/c1-12(16-8-5-14(17)11-19-16)18-10-9-13-3-6-15(20-2)7-4-13/h3-8,11-12,18H,9-10H2,1-2H3. The molecule has 0 aliphatic rings. The topological polar surface area (TPSA) is 34.1 Å². The Morgan fingerprint density at radius 2 is 1.95 bits per heavy atom. The summed E-state index contributed by atoms with van der Waals surface area (Å²) in [5.41, 5.74) is 2.10. The van der Waals surface area contributed by atoms with Crippen LogP contribution in [-0.4, -0.2) is 18.6 Å². The van der Waals surface area contributed by atoms with Gasteiger partial charge in [0, 0.05) is 6.04 Å². The summed E-state index contributed by atoms with van der Waals surface area (Å²) < 4.78 is 17.9. The lowest BCUT2D eigenvalue weighted by atomic mass is 10.1. The molecule has 1 heterocycles. The molecule has 1 N–H and O–H groups in total. The molecular formula is C16H19FN2O. The summed E-state index contributed by atoms with van der Waals surface area (Å²) in [5.74, 6) is 0.560. The first kappa shape index (κ1) is 14.5. The summed E-state index contributed by atoms with van der Waals surface area (Å²) in [6.07, 6.45) is 2.17. The van der Waals surface area contributed by atoms with E-state index in [0.717, 1.165) is 24.4 Å². The lowest BCUT2D eigenvalue weighted by molar-refractivity contribution is 0.414. The Morgan fingerprint density at radius 3 is 2.55 bits per heavy atom. The quantitative estimate of drug-likeness (QED) is 0.878. The van der Waals surface area contributed by atoms with E-state index in [1.54, 1.807) is 13.2 Å². The number of hydrogen-bond acceptors (Lipinski definition) is 3. The third-order valence-electron chi connectivity index (χ3n) is 3.22. The molecule has 1 unspecified atom stereocenters. The first-order valence-electron chi connectivity index (χ1n) is 6.67. The van der Waals surface area contributed by atoms with Crippen molar-refractivity contribution in [3.8, 4) is 5.75 Å². The van der Waals surface area contributed by atoms with Gasteiger partial charge < -0.3 is 10.1 Å². The number of pyridine rings is 1. The van der Waals surface area contributed by atoms with E-state index >= 15 is 0 Å². The molecular weight excluding hydrogens is 255 g/mol. The fourth-order valence-electron chi connectivity index (χ4n) is 1.97. The Bertz CT molecular complexity index is 525. The van der Waals surface area contributed by atoms with Crippen LogP contribution in [0, 0.1) is 5.82 Å². The van der Waals surface area contributed by atoms with Gasteiger partial charge in [0.1, 0.15) is 11.6 Å². The van der Waals surface area contributed by atoms with E-state index in [1.807, 2.05) is 19.1 Å². The Balaban J connectivity index is 1.81. The van der Waals surface area contributed by atoms with Crippen molar-refractivity contribution in [1.29, 1.82) is 0 Å². The lowest BCUT2D eigenvalue weighted by Gasteiger charge is -2.13. The molecule has 1 atom stereocenters. The Morgan fingerprint density at radius 1 is 1.20 bits per heavy atom. The third kappa shape index (κ3) is 4.03. The largest absolute Gasteiger partial charge is 0.497 e. The highest BCUT2D eigenvalue weighted by atomic mass is 19.1. The van der Waals surface area contributed by atoms with Crippen molar-refractivity contribution < 1.29 is 9.13 Å². The van der Waals surface area contributed by atoms with Gasteiger partial charge in [-0.2, -0.15) is 0 Å². The summed E-state index contributed by atoms with van der Waals surface area (Å²) >= 11 is 0. The molecule has 4 heteroatoms. The molecule has 0 radical (unpaired) electrons. The van der Waals surface area contributed by atoms with Crippen LogP contribution in [0.3, 0.4) is 0 Å². The van der Waals surface area contributed by atoms with Gasteiger partial charge in [0.15, 0.2) is 0 Å². The van der Waals surface area contributed by atoms with E-state index in [1.165, 1.54) is 17.8 Å². The number of ether oxygens (including phenoxy) is 1. The first-order chi connectivity index (χ1) is 9.69. The highest BCUT2D eigenvalue weighted by Crippen LogP contribution is 2.12. The van der Waals surface area contributed by atoms with Crippen LogP contribution in [0.2, 0.25) is 0 Å². The number of hydrogen-bond donors (Lipinski definition) is 1. The Kier molecular flexibility index (Phi) is 5.07. The zero-order valence-corrected chi connectivity index (χ0v) is 11.8. The van der Waals surface area contributed by atoms with Gasteiger partial charge in [0.2, 0.25) is 0 Å². The Labute approximate surface area is 118 Å². The minimum Gasteiger partial charge on any atom is -0.497 e. The number of rotatable bonds is 6. The van der Waals surface area contributed by atoms with Crippen molar-refractivity contribution in [2.75, 3.05) is 13.7 Å². The minimum absolute atomic E-state index is 0.105. The van der Waals surface area contributed by atoms with E-state index in [2.05, 4.69) is 22.4 Å². The van der Waals surface area contributed by atoms with Crippen LogP contribution in [0.1, 0.15) is 24.2 Å². The average Bonchev–Trinajstić information content (AvgIpc) is 2.48. The maximum absolute atomic E-state index is 12.8. The molecule has 0 fully saturated rings. The van der Waals surface area contributed by atoms with Crippen LogP contribution in [0.25, 0.3) is 0 Å². The van der Waals surface area contributed by atoms with Crippen molar-refractivity contribution in [1.82, 2.24) is 10.3 Å². The van der Waals surface area contributed by atoms with Gasteiger partial charge in [0.25, 0.3) is 0 Å². The number of nitrogens with zero attached hydrogens (tertiary/aromatic N) is 1. The molecule has 1 aromatic heterocycles. The van der Waals surface area contributed by atoms with Gasteiger partial charge in [-0.15, -0.1) is 0 Å². The molecule has 1 aromatic carbocycles.